The van der Waals surface area contributed by atoms with Gasteiger partial charge in [-0.15, -0.1) is 0 Å². The van der Waals surface area contributed by atoms with Crippen molar-refractivity contribution in [3.05, 3.63) is 29.8 Å². The molecule has 3 aliphatic rings. The predicted molar refractivity (Wildman–Crippen MR) is 97.1 cm³/mol. The van der Waals surface area contributed by atoms with E-state index in [1.807, 2.05) is 0 Å². The number of hydrogen-bond donors (Lipinski definition) is 0. The van der Waals surface area contributed by atoms with Crippen molar-refractivity contribution in [2.45, 2.75) is 69.2 Å². The maximum atomic E-state index is 13.1. The number of halogens is 3. The van der Waals surface area contributed by atoms with Crippen molar-refractivity contribution in [2.75, 3.05) is 18.0 Å². The summed E-state index contributed by atoms with van der Waals surface area (Å²) in [5.41, 5.74) is -0.880. The Bertz CT molecular complexity index is 856. The molecule has 0 bridgehead atoms. The van der Waals surface area contributed by atoms with Gasteiger partial charge in [0, 0.05) is 37.2 Å². The lowest BCUT2D eigenvalue weighted by molar-refractivity contribution is -0.141. The zero-order valence-corrected chi connectivity index (χ0v) is 16.0. The van der Waals surface area contributed by atoms with E-state index in [1.165, 1.54) is 0 Å². The Morgan fingerprint density at radius 1 is 1.03 bits per heavy atom. The number of hydrogen-bond acceptors (Lipinski definition) is 7. The fourth-order valence-corrected chi connectivity index (χ4v) is 4.05. The van der Waals surface area contributed by atoms with E-state index in [0.717, 1.165) is 75.7 Å². The molecule has 0 amide bonds. The highest BCUT2D eigenvalue weighted by Crippen LogP contribution is 2.39. The molecule has 156 valence electrons. The molecule has 1 aliphatic heterocycles. The molecule has 0 unspecified atom stereocenters. The molecule has 3 heterocycles. The molecule has 2 aromatic heterocycles. The number of rotatable bonds is 6. The number of anilines is 1. The molecule has 0 spiro atoms. The summed E-state index contributed by atoms with van der Waals surface area (Å²) in [6, 6.07) is 1.55. The maximum Gasteiger partial charge on any atom is 0.433 e. The molecule has 3 fully saturated rings. The minimum atomic E-state index is -4.46. The standard InChI is InChI=1S/C19H23F3N6O/c20-19(21,22)15-9-17(24-11-23-15)28(13-3-4-13)14-5-7-27(8-6-14)10-16-25-18(29-26-16)12-1-2-12/h9,11-14H,1-8,10H2. The molecule has 7 nitrogen and oxygen atoms in total. The van der Waals surface area contributed by atoms with E-state index in [9.17, 15) is 13.2 Å². The fraction of sp³-hybridized carbons (Fsp3) is 0.684. The highest BCUT2D eigenvalue weighted by molar-refractivity contribution is 5.44. The molecule has 0 radical (unpaired) electrons. The SMILES string of the molecule is FC(F)(F)c1cc(N(C2CC2)C2CCN(Cc3noc(C4CC4)n3)CC2)ncn1. The largest absolute Gasteiger partial charge is 0.433 e. The van der Waals surface area contributed by atoms with E-state index in [2.05, 4.69) is 29.9 Å². The van der Waals surface area contributed by atoms with Gasteiger partial charge >= 0.3 is 6.18 Å². The second kappa shape index (κ2) is 7.23. The third-order valence-electron chi connectivity index (χ3n) is 5.87. The fourth-order valence-electron chi connectivity index (χ4n) is 4.05. The van der Waals surface area contributed by atoms with E-state index in [0.29, 0.717) is 18.3 Å². The smallest absolute Gasteiger partial charge is 0.350 e. The number of piperidine rings is 1. The minimum absolute atomic E-state index is 0.182. The molecular weight excluding hydrogens is 385 g/mol. The average Bonchev–Trinajstić information content (AvgIpc) is 3.63. The predicted octanol–water partition coefficient (Wildman–Crippen LogP) is 3.39. The van der Waals surface area contributed by atoms with E-state index >= 15 is 0 Å². The molecule has 5 rings (SSSR count). The van der Waals surface area contributed by atoms with Crippen LogP contribution >= 0.6 is 0 Å². The summed E-state index contributed by atoms with van der Waals surface area (Å²) in [5.74, 6) is 2.30. The van der Waals surface area contributed by atoms with E-state index in [4.69, 9.17) is 4.52 Å². The summed E-state index contributed by atoms with van der Waals surface area (Å²) in [6.45, 7) is 2.34. The first kappa shape index (κ1) is 18.8. The van der Waals surface area contributed by atoms with Crippen LogP contribution in [0.3, 0.4) is 0 Å². The van der Waals surface area contributed by atoms with Gasteiger partial charge in [0.15, 0.2) is 5.82 Å². The number of nitrogens with zero attached hydrogens (tertiary/aromatic N) is 6. The molecule has 2 aliphatic carbocycles. The molecule has 0 aromatic carbocycles. The Morgan fingerprint density at radius 2 is 1.76 bits per heavy atom. The molecular formula is C19H23F3N6O. The van der Waals surface area contributed by atoms with E-state index in [-0.39, 0.29) is 12.1 Å². The van der Waals surface area contributed by atoms with Crippen molar-refractivity contribution in [1.29, 1.82) is 0 Å². The van der Waals surface area contributed by atoms with Crippen LogP contribution in [0.5, 0.6) is 0 Å². The van der Waals surface area contributed by atoms with Gasteiger partial charge in [0.25, 0.3) is 0 Å². The number of aromatic nitrogens is 4. The molecule has 2 aromatic rings. The van der Waals surface area contributed by atoms with Crippen LogP contribution in [-0.2, 0) is 12.7 Å². The van der Waals surface area contributed by atoms with Gasteiger partial charge in [0.1, 0.15) is 17.8 Å². The van der Waals surface area contributed by atoms with Gasteiger partial charge in [0.05, 0.1) is 6.54 Å². The van der Waals surface area contributed by atoms with Crippen LogP contribution in [0, 0.1) is 0 Å². The van der Waals surface area contributed by atoms with Crippen molar-refractivity contribution in [1.82, 2.24) is 25.0 Å². The molecule has 0 atom stereocenters. The first-order valence-electron chi connectivity index (χ1n) is 10.2. The highest BCUT2D eigenvalue weighted by atomic mass is 19.4. The van der Waals surface area contributed by atoms with Crippen molar-refractivity contribution in [3.63, 3.8) is 0 Å². The third kappa shape index (κ3) is 4.22. The van der Waals surface area contributed by atoms with Crippen LogP contribution in [0.15, 0.2) is 16.9 Å². The normalized spacial score (nSPS) is 21.5. The van der Waals surface area contributed by atoms with E-state index < -0.39 is 11.9 Å². The van der Waals surface area contributed by atoms with Crippen LogP contribution in [0.1, 0.15) is 61.9 Å². The molecule has 2 saturated carbocycles. The van der Waals surface area contributed by atoms with Crippen LogP contribution in [0.25, 0.3) is 0 Å². The van der Waals surface area contributed by atoms with Gasteiger partial charge in [-0.1, -0.05) is 5.16 Å². The average molecular weight is 408 g/mol. The second-order valence-corrected chi connectivity index (χ2v) is 8.23. The van der Waals surface area contributed by atoms with Crippen LogP contribution in [0.2, 0.25) is 0 Å². The summed E-state index contributed by atoms with van der Waals surface area (Å²) in [7, 11) is 0. The van der Waals surface area contributed by atoms with Crippen LogP contribution < -0.4 is 4.90 Å². The summed E-state index contributed by atoms with van der Waals surface area (Å²) < 4.78 is 44.5. The summed E-state index contributed by atoms with van der Waals surface area (Å²) in [4.78, 5) is 16.4. The zero-order chi connectivity index (χ0) is 20.0. The second-order valence-electron chi connectivity index (χ2n) is 8.23. The Morgan fingerprint density at radius 3 is 2.41 bits per heavy atom. The summed E-state index contributed by atoms with van der Waals surface area (Å²) in [6.07, 6.45) is 2.56. The van der Waals surface area contributed by atoms with Gasteiger partial charge in [0.2, 0.25) is 5.89 Å². The first-order chi connectivity index (χ1) is 14.0. The van der Waals surface area contributed by atoms with Crippen LogP contribution in [0.4, 0.5) is 19.0 Å². The van der Waals surface area contributed by atoms with Gasteiger partial charge in [-0.3, -0.25) is 4.90 Å². The summed E-state index contributed by atoms with van der Waals surface area (Å²) >= 11 is 0. The first-order valence-corrected chi connectivity index (χ1v) is 10.2. The van der Waals surface area contributed by atoms with Gasteiger partial charge in [-0.05, 0) is 38.5 Å². The van der Waals surface area contributed by atoms with Crippen molar-refractivity contribution in [2.24, 2.45) is 0 Å². The summed E-state index contributed by atoms with van der Waals surface area (Å²) in [5, 5.41) is 4.08. The molecule has 0 N–H and O–H groups in total. The lowest BCUT2D eigenvalue weighted by atomic mass is 10.0. The van der Waals surface area contributed by atoms with Gasteiger partial charge in [-0.2, -0.15) is 18.2 Å². The Kier molecular flexibility index (Phi) is 4.68. The van der Waals surface area contributed by atoms with Crippen LogP contribution in [-0.4, -0.2) is 50.2 Å². The lowest BCUT2D eigenvalue weighted by Crippen LogP contribution is -2.46. The molecule has 1 saturated heterocycles. The topological polar surface area (TPSA) is 71.2 Å². The van der Waals surface area contributed by atoms with E-state index in [1.54, 1.807) is 0 Å². The highest BCUT2D eigenvalue weighted by Gasteiger charge is 2.39. The van der Waals surface area contributed by atoms with Gasteiger partial charge < -0.3 is 9.42 Å². The Balaban J connectivity index is 1.23. The number of alkyl halides is 3. The zero-order valence-electron chi connectivity index (χ0n) is 16.0. The van der Waals surface area contributed by atoms with Crippen molar-refractivity contribution in [3.8, 4) is 0 Å². The molecule has 10 heteroatoms. The van der Waals surface area contributed by atoms with Gasteiger partial charge in [-0.25, -0.2) is 9.97 Å². The monoisotopic (exact) mass is 408 g/mol. The van der Waals surface area contributed by atoms with Crippen molar-refractivity contribution >= 4 is 5.82 Å². The maximum absolute atomic E-state index is 13.1. The van der Waals surface area contributed by atoms with Crippen molar-refractivity contribution < 1.29 is 17.7 Å². The Hall–Kier alpha value is -2.23. The Labute approximate surface area is 166 Å². The molecule has 29 heavy (non-hydrogen) atoms. The minimum Gasteiger partial charge on any atom is -0.350 e. The third-order valence-corrected chi connectivity index (χ3v) is 5.87. The quantitative estimate of drug-likeness (QED) is 0.726. The lowest BCUT2D eigenvalue weighted by Gasteiger charge is -2.39. The number of likely N-dealkylation sites (tertiary alicyclic amines) is 1.